The smallest absolute Gasteiger partial charge is 0.0409 e. The first-order valence-electron chi connectivity index (χ1n) is 5.64. The first-order chi connectivity index (χ1) is 7.75. The minimum absolute atomic E-state index is 0.799. The Labute approximate surface area is 115 Å². The van der Waals surface area contributed by atoms with Gasteiger partial charge < -0.3 is 10.6 Å². The van der Waals surface area contributed by atoms with Crippen molar-refractivity contribution in [2.45, 2.75) is 25.4 Å². The number of rotatable bonds is 6. The van der Waals surface area contributed by atoms with Crippen LogP contribution in [0.25, 0.3) is 0 Å². The zero-order valence-electron chi connectivity index (χ0n) is 9.10. The van der Waals surface area contributed by atoms with Gasteiger partial charge in [-0.3, -0.25) is 0 Å². The Bertz CT molecular complexity index is 353. The van der Waals surface area contributed by atoms with Gasteiger partial charge in [-0.1, -0.05) is 11.6 Å². The molecule has 4 heteroatoms. The average Bonchev–Trinajstić information content (AvgIpc) is 3.06. The number of hydrogen-bond donors (Lipinski definition) is 2. The summed E-state index contributed by atoms with van der Waals surface area (Å²) in [7, 11) is 0. The molecule has 1 fully saturated rings. The summed E-state index contributed by atoms with van der Waals surface area (Å²) in [5, 5.41) is 7.72. The van der Waals surface area contributed by atoms with Crippen LogP contribution < -0.4 is 10.6 Å². The van der Waals surface area contributed by atoms with E-state index in [1.807, 2.05) is 12.1 Å². The zero-order valence-corrected chi connectivity index (χ0v) is 12.0. The van der Waals surface area contributed by atoms with Crippen molar-refractivity contribution in [3.05, 3.63) is 32.4 Å². The highest BCUT2D eigenvalue weighted by molar-refractivity contribution is 14.1. The second kappa shape index (κ2) is 6.19. The predicted octanol–water partition coefficient (Wildman–Crippen LogP) is 2.79. The van der Waals surface area contributed by atoms with Gasteiger partial charge in [0.05, 0.1) is 0 Å². The van der Waals surface area contributed by atoms with Gasteiger partial charge in [-0.2, -0.15) is 0 Å². The van der Waals surface area contributed by atoms with Gasteiger partial charge in [-0.25, -0.2) is 0 Å². The minimum Gasteiger partial charge on any atom is -0.313 e. The molecule has 1 aromatic carbocycles. The lowest BCUT2D eigenvalue weighted by Crippen LogP contribution is -2.28. The average molecular weight is 351 g/mol. The van der Waals surface area contributed by atoms with Crippen LogP contribution in [0, 0.1) is 3.57 Å². The molecular weight excluding hydrogens is 335 g/mol. The SMILES string of the molecule is Clc1ccc(I)c(CNCCNC2CC2)c1. The molecule has 2 nitrogen and oxygen atoms in total. The van der Waals surface area contributed by atoms with Crippen molar-refractivity contribution < 1.29 is 0 Å². The van der Waals surface area contributed by atoms with Crippen LogP contribution >= 0.6 is 34.2 Å². The summed E-state index contributed by atoms with van der Waals surface area (Å²) in [6.07, 6.45) is 2.71. The lowest BCUT2D eigenvalue weighted by molar-refractivity contribution is 0.608. The normalized spacial score (nSPS) is 15.4. The molecule has 88 valence electrons. The van der Waals surface area contributed by atoms with Crippen LogP contribution in [0.15, 0.2) is 18.2 Å². The molecule has 1 aliphatic rings. The summed E-state index contributed by atoms with van der Waals surface area (Å²) in [5.74, 6) is 0. The number of nitrogens with one attached hydrogen (secondary N) is 2. The third-order valence-electron chi connectivity index (χ3n) is 2.64. The van der Waals surface area contributed by atoms with Crippen molar-refractivity contribution in [3.8, 4) is 0 Å². The van der Waals surface area contributed by atoms with Crippen LogP contribution in [0.2, 0.25) is 5.02 Å². The van der Waals surface area contributed by atoms with E-state index in [9.17, 15) is 0 Å². The van der Waals surface area contributed by atoms with Crippen LogP contribution in [0.3, 0.4) is 0 Å². The van der Waals surface area contributed by atoms with Crippen molar-refractivity contribution in [3.63, 3.8) is 0 Å². The van der Waals surface area contributed by atoms with E-state index in [-0.39, 0.29) is 0 Å². The van der Waals surface area contributed by atoms with Gasteiger partial charge in [0.15, 0.2) is 0 Å². The number of hydrogen-bond acceptors (Lipinski definition) is 2. The largest absolute Gasteiger partial charge is 0.313 e. The van der Waals surface area contributed by atoms with Crippen molar-refractivity contribution in [1.29, 1.82) is 0 Å². The predicted molar refractivity (Wildman–Crippen MR) is 76.9 cm³/mol. The third-order valence-corrected chi connectivity index (χ3v) is 3.92. The van der Waals surface area contributed by atoms with Gasteiger partial charge >= 0.3 is 0 Å². The van der Waals surface area contributed by atoms with E-state index in [4.69, 9.17) is 11.6 Å². The van der Waals surface area contributed by atoms with Crippen LogP contribution in [0.5, 0.6) is 0 Å². The molecule has 0 saturated heterocycles. The Morgan fingerprint density at radius 2 is 2.12 bits per heavy atom. The van der Waals surface area contributed by atoms with Gasteiger partial charge in [0.25, 0.3) is 0 Å². The lowest BCUT2D eigenvalue weighted by Gasteiger charge is -2.08. The monoisotopic (exact) mass is 350 g/mol. The molecular formula is C12H16ClIN2. The molecule has 0 aromatic heterocycles. The van der Waals surface area contributed by atoms with Gasteiger partial charge in [0, 0.05) is 34.3 Å². The summed E-state index contributed by atoms with van der Waals surface area (Å²) in [6.45, 7) is 2.96. The Balaban J connectivity index is 1.69. The van der Waals surface area contributed by atoms with Crippen LogP contribution in [0.4, 0.5) is 0 Å². The highest BCUT2D eigenvalue weighted by Crippen LogP contribution is 2.18. The van der Waals surface area contributed by atoms with E-state index in [1.165, 1.54) is 22.0 Å². The third kappa shape index (κ3) is 4.20. The maximum absolute atomic E-state index is 5.96. The molecule has 0 bridgehead atoms. The summed E-state index contributed by atoms with van der Waals surface area (Å²) in [4.78, 5) is 0. The molecule has 1 aliphatic carbocycles. The molecule has 1 aromatic rings. The van der Waals surface area contributed by atoms with E-state index in [0.717, 1.165) is 30.7 Å². The van der Waals surface area contributed by atoms with Crippen LogP contribution in [-0.4, -0.2) is 19.1 Å². The van der Waals surface area contributed by atoms with E-state index in [0.29, 0.717) is 0 Å². The molecule has 16 heavy (non-hydrogen) atoms. The maximum atomic E-state index is 5.96. The molecule has 2 N–H and O–H groups in total. The topological polar surface area (TPSA) is 24.1 Å². The summed E-state index contributed by atoms with van der Waals surface area (Å²) >= 11 is 8.31. The zero-order chi connectivity index (χ0) is 11.4. The van der Waals surface area contributed by atoms with Crippen molar-refractivity contribution in [1.82, 2.24) is 10.6 Å². The van der Waals surface area contributed by atoms with Crippen LogP contribution in [0.1, 0.15) is 18.4 Å². The number of halogens is 2. The molecule has 0 spiro atoms. The van der Waals surface area contributed by atoms with E-state index in [1.54, 1.807) is 0 Å². The molecule has 0 atom stereocenters. The fourth-order valence-electron chi connectivity index (χ4n) is 1.55. The Kier molecular flexibility index (Phi) is 4.88. The van der Waals surface area contributed by atoms with Gasteiger partial charge in [0.1, 0.15) is 0 Å². The molecule has 0 unspecified atom stereocenters. The van der Waals surface area contributed by atoms with Crippen molar-refractivity contribution in [2.24, 2.45) is 0 Å². The first kappa shape index (κ1) is 12.6. The molecule has 0 aliphatic heterocycles. The summed E-state index contributed by atoms with van der Waals surface area (Å²) in [6, 6.07) is 6.82. The lowest BCUT2D eigenvalue weighted by atomic mass is 10.2. The molecule has 2 rings (SSSR count). The van der Waals surface area contributed by atoms with E-state index >= 15 is 0 Å². The highest BCUT2D eigenvalue weighted by Gasteiger charge is 2.19. The Hall–Kier alpha value is 0.160. The molecule has 0 radical (unpaired) electrons. The second-order valence-electron chi connectivity index (χ2n) is 4.14. The van der Waals surface area contributed by atoms with Crippen molar-refractivity contribution in [2.75, 3.05) is 13.1 Å². The fourth-order valence-corrected chi connectivity index (χ4v) is 2.27. The van der Waals surface area contributed by atoms with Gasteiger partial charge in [0.2, 0.25) is 0 Å². The minimum atomic E-state index is 0.799. The van der Waals surface area contributed by atoms with E-state index in [2.05, 4.69) is 39.3 Å². The Morgan fingerprint density at radius 3 is 2.88 bits per heavy atom. The summed E-state index contributed by atoms with van der Waals surface area (Å²) < 4.78 is 1.27. The summed E-state index contributed by atoms with van der Waals surface area (Å²) in [5.41, 5.74) is 1.28. The molecule has 0 heterocycles. The molecule has 1 saturated carbocycles. The quantitative estimate of drug-likeness (QED) is 0.609. The van der Waals surface area contributed by atoms with Crippen LogP contribution in [-0.2, 0) is 6.54 Å². The molecule has 0 amide bonds. The number of benzene rings is 1. The highest BCUT2D eigenvalue weighted by atomic mass is 127. The standard InChI is InChI=1S/C12H16ClIN2/c13-10-1-4-12(14)9(7-10)8-15-5-6-16-11-2-3-11/h1,4,7,11,15-16H,2-3,5-6,8H2. The second-order valence-corrected chi connectivity index (χ2v) is 5.74. The van der Waals surface area contributed by atoms with Crippen molar-refractivity contribution >= 4 is 34.2 Å². The Morgan fingerprint density at radius 1 is 1.31 bits per heavy atom. The van der Waals surface area contributed by atoms with Gasteiger partial charge in [-0.15, -0.1) is 0 Å². The van der Waals surface area contributed by atoms with E-state index < -0.39 is 0 Å². The fraction of sp³-hybridized carbons (Fsp3) is 0.500. The van der Waals surface area contributed by atoms with Gasteiger partial charge in [-0.05, 0) is 59.2 Å². The first-order valence-corrected chi connectivity index (χ1v) is 7.09. The maximum Gasteiger partial charge on any atom is 0.0409 e.